The van der Waals surface area contributed by atoms with Crippen molar-refractivity contribution in [2.75, 3.05) is 13.1 Å². The average Bonchev–Trinajstić information content (AvgIpc) is 3.00. The van der Waals surface area contributed by atoms with Crippen LogP contribution in [0.25, 0.3) is 0 Å². The molecule has 1 aliphatic carbocycles. The summed E-state index contributed by atoms with van der Waals surface area (Å²) in [6.07, 6.45) is 15.3. The molecular weight excluding hydrogens is 196 g/mol. The van der Waals surface area contributed by atoms with Crippen LogP contribution in [0.5, 0.6) is 0 Å². The summed E-state index contributed by atoms with van der Waals surface area (Å²) in [6, 6.07) is 1.73. The van der Waals surface area contributed by atoms with Crippen molar-refractivity contribution >= 4 is 0 Å². The van der Waals surface area contributed by atoms with Crippen molar-refractivity contribution in [2.45, 2.75) is 43.9 Å². The third-order valence-corrected chi connectivity index (χ3v) is 4.74. The van der Waals surface area contributed by atoms with Gasteiger partial charge in [-0.05, 0) is 51.4 Å². The Morgan fingerprint density at radius 3 is 2.00 bits per heavy atom. The summed E-state index contributed by atoms with van der Waals surface area (Å²) in [4.78, 5) is 5.53. The van der Waals surface area contributed by atoms with E-state index in [4.69, 9.17) is 0 Å². The third-order valence-electron chi connectivity index (χ3n) is 4.74. The lowest BCUT2D eigenvalue weighted by Gasteiger charge is -2.32. The largest absolute Gasteiger partial charge is 0.283 e. The molecular formula is C14H19N2. The van der Waals surface area contributed by atoms with Gasteiger partial charge >= 0.3 is 0 Å². The summed E-state index contributed by atoms with van der Waals surface area (Å²) < 4.78 is 0. The molecule has 0 bridgehead atoms. The molecule has 0 aromatic rings. The van der Waals surface area contributed by atoms with Gasteiger partial charge in [-0.15, -0.1) is 0 Å². The van der Waals surface area contributed by atoms with Gasteiger partial charge < -0.3 is 0 Å². The minimum Gasteiger partial charge on any atom is -0.283 e. The molecule has 4 aliphatic rings. The van der Waals surface area contributed by atoms with E-state index in [1.165, 1.54) is 44.7 Å². The highest BCUT2D eigenvalue weighted by molar-refractivity contribution is 5.39. The fraction of sp³-hybridized carbons (Fsp3) is 0.643. The maximum absolute atomic E-state index is 2.76. The van der Waals surface area contributed by atoms with E-state index < -0.39 is 0 Å². The van der Waals surface area contributed by atoms with Crippen LogP contribution in [0.1, 0.15) is 25.7 Å². The molecule has 0 spiro atoms. The Labute approximate surface area is 99.0 Å². The fourth-order valence-electron chi connectivity index (χ4n) is 4.20. The maximum Gasteiger partial charge on any atom is 0.0698 e. The first-order chi connectivity index (χ1) is 7.95. The molecule has 4 fully saturated rings. The van der Waals surface area contributed by atoms with E-state index in [0.717, 1.165) is 12.1 Å². The molecule has 3 aliphatic heterocycles. The van der Waals surface area contributed by atoms with E-state index in [0.29, 0.717) is 6.17 Å². The Balaban J connectivity index is 1.63. The molecule has 3 saturated heterocycles. The molecule has 5 radical (unpaired) electrons. The lowest BCUT2D eigenvalue weighted by atomic mass is 10.0. The Morgan fingerprint density at radius 2 is 1.44 bits per heavy atom. The van der Waals surface area contributed by atoms with E-state index in [1.807, 2.05) is 0 Å². The van der Waals surface area contributed by atoms with Crippen LogP contribution in [0.3, 0.4) is 0 Å². The predicted molar refractivity (Wildman–Crippen MR) is 63.7 cm³/mol. The predicted octanol–water partition coefficient (Wildman–Crippen LogP) is 1.66. The molecule has 2 atom stereocenters. The van der Waals surface area contributed by atoms with E-state index >= 15 is 0 Å². The topological polar surface area (TPSA) is 6.48 Å². The van der Waals surface area contributed by atoms with Crippen LogP contribution in [0.2, 0.25) is 0 Å². The van der Waals surface area contributed by atoms with E-state index in [9.17, 15) is 0 Å². The third kappa shape index (κ3) is 1.26. The van der Waals surface area contributed by atoms with Crippen molar-refractivity contribution in [1.29, 1.82) is 0 Å². The quantitative estimate of drug-likeness (QED) is 0.656. The van der Waals surface area contributed by atoms with Gasteiger partial charge in [0.1, 0.15) is 0 Å². The summed E-state index contributed by atoms with van der Waals surface area (Å²) in [5.41, 5.74) is 0. The van der Waals surface area contributed by atoms with Gasteiger partial charge in [0.25, 0.3) is 0 Å². The van der Waals surface area contributed by atoms with Gasteiger partial charge in [0.15, 0.2) is 0 Å². The second kappa shape index (κ2) is 3.71. The highest BCUT2D eigenvalue weighted by atomic mass is 15.5. The number of rotatable bonds is 1. The second-order valence-electron chi connectivity index (χ2n) is 5.49. The average molecular weight is 215 g/mol. The van der Waals surface area contributed by atoms with Gasteiger partial charge in [0.2, 0.25) is 0 Å². The normalized spacial score (nSPS) is 42.0. The Kier molecular flexibility index (Phi) is 2.29. The molecule has 1 saturated carbocycles. The van der Waals surface area contributed by atoms with Crippen molar-refractivity contribution in [3.05, 3.63) is 31.6 Å². The van der Waals surface area contributed by atoms with Crippen LogP contribution in [-0.2, 0) is 0 Å². The molecule has 0 N–H and O–H groups in total. The summed E-state index contributed by atoms with van der Waals surface area (Å²) in [5.74, 6) is 1.52. The molecule has 2 nitrogen and oxygen atoms in total. The van der Waals surface area contributed by atoms with Crippen LogP contribution >= 0.6 is 0 Å². The molecule has 16 heavy (non-hydrogen) atoms. The summed E-state index contributed by atoms with van der Waals surface area (Å²) in [7, 11) is 0. The molecule has 4 rings (SSSR count). The van der Waals surface area contributed by atoms with Gasteiger partial charge in [0.05, 0.1) is 6.17 Å². The Bertz CT molecular complexity index is 252. The zero-order valence-corrected chi connectivity index (χ0v) is 9.68. The molecule has 0 amide bonds. The molecule has 3 heterocycles. The smallest absolute Gasteiger partial charge is 0.0698 e. The molecule has 85 valence electrons. The highest BCUT2D eigenvalue weighted by Crippen LogP contribution is 2.45. The molecule has 2 heteroatoms. The second-order valence-corrected chi connectivity index (χ2v) is 5.49. The first-order valence-corrected chi connectivity index (χ1v) is 6.68. The summed E-state index contributed by atoms with van der Waals surface area (Å²) in [5, 5.41) is 0. The SMILES string of the molecule is [CH]1[CH][CH][C](C2N3CCC[C@@H]3[C@H]3CCCN23)[CH]1. The fourth-order valence-corrected chi connectivity index (χ4v) is 4.20. The van der Waals surface area contributed by atoms with Crippen molar-refractivity contribution < 1.29 is 0 Å². The standard InChI is InChI=1S/C14H19N2/c1-2-6-11(5-1)14-15-9-3-7-12(15)13-8-4-10-16(13)14/h1-2,5-6,12-14H,3-4,7-10H2/t12-,13-/m1/s1. The lowest BCUT2D eigenvalue weighted by Crippen LogP contribution is -2.43. The van der Waals surface area contributed by atoms with Gasteiger partial charge in [-0.3, -0.25) is 9.80 Å². The van der Waals surface area contributed by atoms with Crippen LogP contribution in [0, 0.1) is 31.6 Å². The minimum atomic E-state index is 0.606. The van der Waals surface area contributed by atoms with Gasteiger partial charge in [0, 0.05) is 31.1 Å². The number of hydrogen-bond acceptors (Lipinski definition) is 2. The van der Waals surface area contributed by atoms with Gasteiger partial charge in [-0.1, -0.05) is 0 Å². The zero-order valence-electron chi connectivity index (χ0n) is 9.68. The number of nitrogens with zero attached hydrogens (tertiary/aromatic N) is 2. The van der Waals surface area contributed by atoms with E-state index in [-0.39, 0.29) is 0 Å². The molecule has 0 unspecified atom stereocenters. The van der Waals surface area contributed by atoms with Gasteiger partial charge in [-0.2, -0.15) is 0 Å². The summed E-state index contributed by atoms with van der Waals surface area (Å²) in [6.45, 7) is 2.63. The van der Waals surface area contributed by atoms with Crippen molar-refractivity contribution in [3.63, 3.8) is 0 Å². The minimum absolute atomic E-state index is 0.606. The van der Waals surface area contributed by atoms with Crippen LogP contribution in [0.15, 0.2) is 0 Å². The molecule has 0 aromatic heterocycles. The van der Waals surface area contributed by atoms with Crippen LogP contribution < -0.4 is 0 Å². The first-order valence-electron chi connectivity index (χ1n) is 6.68. The van der Waals surface area contributed by atoms with Crippen LogP contribution in [-0.4, -0.2) is 41.1 Å². The number of fused-ring (bicyclic) bond motifs is 3. The molecule has 0 aromatic carbocycles. The maximum atomic E-state index is 2.76. The zero-order chi connectivity index (χ0) is 10.5. The number of hydrogen-bond donors (Lipinski definition) is 0. The Hall–Kier alpha value is -0.0800. The Morgan fingerprint density at radius 1 is 0.875 bits per heavy atom. The van der Waals surface area contributed by atoms with Gasteiger partial charge in [-0.25, -0.2) is 0 Å². The lowest BCUT2D eigenvalue weighted by molar-refractivity contribution is 0.163. The van der Waals surface area contributed by atoms with Crippen molar-refractivity contribution in [1.82, 2.24) is 9.80 Å². The van der Waals surface area contributed by atoms with Crippen molar-refractivity contribution in [2.24, 2.45) is 0 Å². The monoisotopic (exact) mass is 215 g/mol. The first kappa shape index (κ1) is 9.90. The summed E-state index contributed by atoms with van der Waals surface area (Å²) >= 11 is 0. The van der Waals surface area contributed by atoms with Crippen molar-refractivity contribution in [3.8, 4) is 0 Å². The van der Waals surface area contributed by atoms with E-state index in [2.05, 4.69) is 35.5 Å². The van der Waals surface area contributed by atoms with Crippen LogP contribution in [0.4, 0.5) is 0 Å². The highest BCUT2D eigenvalue weighted by Gasteiger charge is 2.53. The van der Waals surface area contributed by atoms with E-state index in [1.54, 1.807) is 0 Å².